The van der Waals surface area contributed by atoms with Gasteiger partial charge in [0.1, 0.15) is 22.5 Å². The van der Waals surface area contributed by atoms with Crippen LogP contribution in [-0.2, 0) is 6.54 Å². The van der Waals surface area contributed by atoms with Crippen LogP contribution in [0.15, 0.2) is 54.6 Å². The summed E-state index contributed by atoms with van der Waals surface area (Å²) >= 11 is 1.15. The molecule has 5 aromatic rings. The van der Waals surface area contributed by atoms with E-state index in [1.165, 1.54) is 0 Å². The fourth-order valence-electron chi connectivity index (χ4n) is 4.41. The molecular weight excluding hydrogens is 478 g/mol. The summed E-state index contributed by atoms with van der Waals surface area (Å²) in [7, 11) is 3.17. The summed E-state index contributed by atoms with van der Waals surface area (Å²) in [5.41, 5.74) is 4.78. The largest absolute Gasteiger partial charge is 0.497 e. The number of carboxylic acids is 1. The van der Waals surface area contributed by atoms with E-state index in [0.717, 1.165) is 44.8 Å². The highest BCUT2D eigenvalue weighted by molar-refractivity contribution is 7.00. The van der Waals surface area contributed by atoms with Crippen LogP contribution in [0, 0.1) is 0 Å². The summed E-state index contributed by atoms with van der Waals surface area (Å²) in [5, 5.41) is 11.2. The van der Waals surface area contributed by atoms with Gasteiger partial charge in [-0.1, -0.05) is 18.2 Å². The van der Waals surface area contributed by atoms with Gasteiger partial charge in [0.15, 0.2) is 11.5 Å². The van der Waals surface area contributed by atoms with Crippen LogP contribution in [0.2, 0.25) is 0 Å². The summed E-state index contributed by atoms with van der Waals surface area (Å²) in [6.07, 6.45) is -0.0839. The van der Waals surface area contributed by atoms with Crippen molar-refractivity contribution in [3.8, 4) is 28.4 Å². The Morgan fingerprint density at radius 1 is 0.972 bits per heavy atom. The van der Waals surface area contributed by atoms with Crippen LogP contribution in [-0.4, -0.2) is 44.7 Å². The molecule has 184 valence electrons. The van der Waals surface area contributed by atoms with Gasteiger partial charge in [-0.05, 0) is 55.3 Å². The van der Waals surface area contributed by atoms with Gasteiger partial charge in [0, 0.05) is 23.6 Å². The van der Waals surface area contributed by atoms with Gasteiger partial charge in [-0.2, -0.15) is 8.75 Å². The molecule has 1 N–H and O–H groups in total. The second-order valence-electron chi connectivity index (χ2n) is 8.62. The monoisotopic (exact) mass is 503 g/mol. The summed E-state index contributed by atoms with van der Waals surface area (Å²) in [6, 6.07) is 16.9. The molecule has 2 aromatic heterocycles. The zero-order chi connectivity index (χ0) is 25.4. The summed E-state index contributed by atoms with van der Waals surface area (Å²) in [5.74, 6) is 0.750. The lowest BCUT2D eigenvalue weighted by Gasteiger charge is -2.15. The van der Waals surface area contributed by atoms with Gasteiger partial charge >= 0.3 is 5.97 Å². The minimum atomic E-state index is -1.03. The van der Waals surface area contributed by atoms with Crippen LogP contribution in [0.25, 0.3) is 33.1 Å². The Morgan fingerprint density at radius 3 is 2.39 bits per heavy atom. The molecule has 0 radical (unpaired) electrons. The molecule has 0 aliphatic carbocycles. The molecule has 36 heavy (non-hydrogen) atoms. The highest BCUT2D eigenvalue weighted by Crippen LogP contribution is 2.42. The smallest absolute Gasteiger partial charge is 0.353 e. The quantitative estimate of drug-likeness (QED) is 0.283. The van der Waals surface area contributed by atoms with Crippen molar-refractivity contribution in [3.63, 3.8) is 0 Å². The first-order chi connectivity index (χ1) is 17.4. The van der Waals surface area contributed by atoms with E-state index in [1.807, 2.05) is 73.0 Å². The first-order valence-corrected chi connectivity index (χ1v) is 12.1. The predicted molar refractivity (Wildman–Crippen MR) is 140 cm³/mol. The third kappa shape index (κ3) is 4.22. The fourth-order valence-corrected chi connectivity index (χ4v) is 4.92. The van der Waals surface area contributed by atoms with Crippen LogP contribution >= 0.6 is 11.7 Å². The van der Waals surface area contributed by atoms with E-state index in [9.17, 15) is 9.90 Å². The Morgan fingerprint density at radius 2 is 1.72 bits per heavy atom. The van der Waals surface area contributed by atoms with Gasteiger partial charge in [-0.15, -0.1) is 0 Å². The van der Waals surface area contributed by atoms with Gasteiger partial charge in [0.25, 0.3) is 0 Å². The molecule has 0 aliphatic rings. The lowest BCUT2D eigenvalue weighted by Crippen LogP contribution is -2.11. The number of rotatable bonds is 8. The molecule has 8 nitrogen and oxygen atoms in total. The maximum atomic E-state index is 12.8. The van der Waals surface area contributed by atoms with Crippen LogP contribution < -0.4 is 14.2 Å². The van der Waals surface area contributed by atoms with E-state index < -0.39 is 5.97 Å². The molecular formula is C27H25N3O5S. The van der Waals surface area contributed by atoms with Crippen molar-refractivity contribution in [3.05, 3.63) is 65.9 Å². The highest BCUT2D eigenvalue weighted by atomic mass is 32.1. The number of hydrogen-bond acceptors (Lipinski definition) is 7. The van der Waals surface area contributed by atoms with Gasteiger partial charge in [0.2, 0.25) is 0 Å². The van der Waals surface area contributed by atoms with Crippen molar-refractivity contribution in [2.24, 2.45) is 0 Å². The Bertz CT molecular complexity index is 1570. The zero-order valence-corrected chi connectivity index (χ0v) is 21.1. The number of hydrogen-bond donors (Lipinski definition) is 1. The second-order valence-corrected chi connectivity index (χ2v) is 9.15. The molecule has 0 atom stereocenters. The van der Waals surface area contributed by atoms with E-state index in [1.54, 1.807) is 14.2 Å². The number of carbonyl (C=O) groups is 1. The average Bonchev–Trinajstić information content (AvgIpc) is 3.45. The zero-order valence-electron chi connectivity index (χ0n) is 20.3. The number of ether oxygens (including phenoxy) is 3. The SMILES string of the molecule is COc1ccc(-c2c(C(=O)O)n(Cc3ccc4nsnc4c3)c3cc(OC(C)C)c(OC)cc23)cc1. The third-order valence-corrected chi connectivity index (χ3v) is 6.51. The molecule has 9 heteroatoms. The predicted octanol–water partition coefficient (Wildman–Crippen LogP) is 5.86. The van der Waals surface area contributed by atoms with Gasteiger partial charge < -0.3 is 23.9 Å². The molecule has 0 saturated heterocycles. The number of methoxy groups -OCH3 is 2. The van der Waals surface area contributed by atoms with Crippen molar-refractivity contribution in [2.75, 3.05) is 14.2 Å². The van der Waals surface area contributed by atoms with Gasteiger partial charge in [-0.25, -0.2) is 4.79 Å². The van der Waals surface area contributed by atoms with Crippen LogP contribution in [0.1, 0.15) is 29.9 Å². The lowest BCUT2D eigenvalue weighted by molar-refractivity contribution is 0.0687. The molecule has 3 aromatic carbocycles. The van der Waals surface area contributed by atoms with Crippen molar-refractivity contribution < 1.29 is 24.1 Å². The molecule has 2 heterocycles. The number of aromatic nitrogens is 3. The molecule has 0 fully saturated rings. The lowest BCUT2D eigenvalue weighted by atomic mass is 10.0. The highest BCUT2D eigenvalue weighted by Gasteiger charge is 2.26. The number of fused-ring (bicyclic) bond motifs is 2. The topological polar surface area (TPSA) is 95.7 Å². The molecule has 0 aliphatic heterocycles. The fraction of sp³-hybridized carbons (Fsp3) is 0.222. The maximum Gasteiger partial charge on any atom is 0.353 e. The number of benzene rings is 3. The van der Waals surface area contributed by atoms with E-state index in [4.69, 9.17) is 14.2 Å². The first-order valence-electron chi connectivity index (χ1n) is 11.4. The molecule has 0 unspecified atom stereocenters. The third-order valence-electron chi connectivity index (χ3n) is 5.95. The van der Waals surface area contributed by atoms with E-state index in [2.05, 4.69) is 8.75 Å². The maximum absolute atomic E-state index is 12.8. The standard InChI is InChI=1S/C27H25N3O5S/c1-15(2)35-24-13-22-19(12-23(24)34-4)25(17-6-8-18(33-3)9-7-17)26(27(31)32)30(22)14-16-5-10-20-21(11-16)29-36-28-20/h5-13,15H,14H2,1-4H3,(H,31,32). The normalized spacial score (nSPS) is 11.4. The number of nitrogens with zero attached hydrogens (tertiary/aromatic N) is 3. The van der Waals surface area contributed by atoms with Gasteiger partial charge in [-0.3, -0.25) is 0 Å². The Balaban J connectivity index is 1.79. The second kappa shape index (κ2) is 9.50. The molecule has 0 amide bonds. The molecule has 0 saturated carbocycles. The average molecular weight is 504 g/mol. The molecule has 5 rings (SSSR count). The van der Waals surface area contributed by atoms with E-state index >= 15 is 0 Å². The van der Waals surface area contributed by atoms with Crippen molar-refractivity contribution in [2.45, 2.75) is 26.5 Å². The number of carboxylic acid groups (broad SMARTS) is 1. The van der Waals surface area contributed by atoms with Gasteiger partial charge in [0.05, 0.1) is 37.6 Å². The minimum Gasteiger partial charge on any atom is -0.497 e. The van der Waals surface area contributed by atoms with E-state index in [-0.39, 0.29) is 11.8 Å². The molecule has 0 spiro atoms. The minimum absolute atomic E-state index is 0.0839. The van der Waals surface area contributed by atoms with E-state index in [0.29, 0.717) is 29.4 Å². The Hall–Kier alpha value is -4.11. The molecule has 0 bridgehead atoms. The first kappa shape index (κ1) is 23.6. The van der Waals surface area contributed by atoms with Crippen LogP contribution in [0.5, 0.6) is 17.2 Å². The summed E-state index contributed by atoms with van der Waals surface area (Å²) in [6.45, 7) is 4.20. The van der Waals surface area contributed by atoms with Crippen LogP contribution in [0.3, 0.4) is 0 Å². The summed E-state index contributed by atoms with van der Waals surface area (Å²) in [4.78, 5) is 12.8. The number of aromatic carboxylic acids is 1. The Kier molecular flexibility index (Phi) is 6.24. The van der Waals surface area contributed by atoms with Crippen molar-refractivity contribution in [1.82, 2.24) is 13.3 Å². The van der Waals surface area contributed by atoms with Crippen molar-refractivity contribution in [1.29, 1.82) is 0 Å². The summed E-state index contributed by atoms with van der Waals surface area (Å²) < 4.78 is 27.4. The van der Waals surface area contributed by atoms with Crippen LogP contribution in [0.4, 0.5) is 0 Å². The Labute approximate surface area is 212 Å². The van der Waals surface area contributed by atoms with Crippen molar-refractivity contribution >= 4 is 39.6 Å².